The number of hydrogen-bond donors (Lipinski definition) is 1. The molecule has 0 bridgehead atoms. The lowest BCUT2D eigenvalue weighted by Gasteiger charge is -2.36. The third-order valence-electron chi connectivity index (χ3n) is 4.43. The molecule has 2 aromatic rings. The topological polar surface area (TPSA) is 35.6 Å². The van der Waals surface area contributed by atoms with E-state index in [0.717, 1.165) is 11.6 Å². The van der Waals surface area contributed by atoms with Gasteiger partial charge in [0, 0.05) is 36.9 Å². The van der Waals surface area contributed by atoms with E-state index in [4.69, 9.17) is 11.6 Å². The zero-order valence-corrected chi connectivity index (χ0v) is 14.8. The fourth-order valence-electron chi connectivity index (χ4n) is 2.85. The summed E-state index contributed by atoms with van der Waals surface area (Å²) in [4.78, 5) is 15.6. The van der Waals surface area contributed by atoms with Gasteiger partial charge in [0.25, 0.3) is 0 Å². The Morgan fingerprint density at radius 2 is 1.73 bits per heavy atom. The van der Waals surface area contributed by atoms with Crippen LogP contribution in [0.5, 0.6) is 0 Å². The maximum absolute atomic E-state index is 13.9. The number of anilines is 2. The van der Waals surface area contributed by atoms with Crippen LogP contribution in [0.15, 0.2) is 30.3 Å². The molecule has 1 saturated heterocycles. The third kappa shape index (κ3) is 3.58. The Morgan fingerprint density at radius 1 is 1.04 bits per heavy atom. The maximum atomic E-state index is 13.9. The molecule has 1 fully saturated rings. The van der Waals surface area contributed by atoms with Crippen molar-refractivity contribution in [1.29, 1.82) is 0 Å². The van der Waals surface area contributed by atoms with E-state index in [2.05, 4.69) is 5.32 Å². The van der Waals surface area contributed by atoms with Gasteiger partial charge in [-0.05, 0) is 36.8 Å². The van der Waals surface area contributed by atoms with Crippen LogP contribution >= 0.6 is 11.6 Å². The maximum Gasteiger partial charge on any atom is 0.321 e. The quantitative estimate of drug-likeness (QED) is 0.779. The predicted molar refractivity (Wildman–Crippen MR) is 95.3 cm³/mol. The molecule has 1 heterocycles. The van der Waals surface area contributed by atoms with E-state index in [0.29, 0.717) is 36.9 Å². The standard InChI is InChI=1S/C18H17ClF3N3O/c1-11-12(19)3-2-4-14(11)23-18(26)25-9-7-24(8-10-25)15-6-5-13(20)16(21)17(15)22/h2-6H,7-10H2,1H3,(H,23,26). The lowest BCUT2D eigenvalue weighted by atomic mass is 10.2. The van der Waals surface area contributed by atoms with E-state index in [1.807, 2.05) is 6.92 Å². The van der Waals surface area contributed by atoms with Crippen molar-refractivity contribution < 1.29 is 18.0 Å². The van der Waals surface area contributed by atoms with Gasteiger partial charge >= 0.3 is 6.03 Å². The number of urea groups is 1. The highest BCUT2D eigenvalue weighted by Gasteiger charge is 2.25. The minimum Gasteiger partial charge on any atom is -0.366 e. The van der Waals surface area contributed by atoms with Crippen molar-refractivity contribution in [1.82, 2.24) is 4.90 Å². The first-order valence-electron chi connectivity index (χ1n) is 8.08. The van der Waals surface area contributed by atoms with Gasteiger partial charge in [-0.3, -0.25) is 0 Å². The molecule has 0 radical (unpaired) electrons. The number of benzene rings is 2. The van der Waals surface area contributed by atoms with Gasteiger partial charge in [-0.2, -0.15) is 0 Å². The monoisotopic (exact) mass is 383 g/mol. The predicted octanol–water partition coefficient (Wildman–Crippen LogP) is 4.42. The van der Waals surface area contributed by atoms with Crippen LogP contribution in [0.4, 0.5) is 29.3 Å². The van der Waals surface area contributed by atoms with Gasteiger partial charge in [0.15, 0.2) is 17.5 Å². The van der Waals surface area contributed by atoms with Gasteiger partial charge in [-0.15, -0.1) is 0 Å². The Morgan fingerprint density at radius 3 is 2.42 bits per heavy atom. The van der Waals surface area contributed by atoms with E-state index in [1.165, 1.54) is 6.07 Å². The first-order valence-corrected chi connectivity index (χ1v) is 8.45. The van der Waals surface area contributed by atoms with Crippen LogP contribution in [0.2, 0.25) is 5.02 Å². The van der Waals surface area contributed by atoms with Gasteiger partial charge in [-0.1, -0.05) is 17.7 Å². The van der Waals surface area contributed by atoms with Crippen LogP contribution in [0.1, 0.15) is 5.56 Å². The van der Waals surface area contributed by atoms with Gasteiger partial charge in [0.2, 0.25) is 0 Å². The summed E-state index contributed by atoms with van der Waals surface area (Å²) in [6, 6.07) is 7.05. The number of halogens is 4. The fourth-order valence-corrected chi connectivity index (χ4v) is 3.02. The number of amides is 2. The third-order valence-corrected chi connectivity index (χ3v) is 4.84. The summed E-state index contributed by atoms with van der Waals surface area (Å²) in [6.45, 7) is 3.07. The highest BCUT2D eigenvalue weighted by Crippen LogP contribution is 2.26. The van der Waals surface area contributed by atoms with Crippen LogP contribution in [0.25, 0.3) is 0 Å². The molecule has 0 saturated carbocycles. The molecule has 26 heavy (non-hydrogen) atoms. The number of carbonyl (C=O) groups excluding carboxylic acids is 1. The summed E-state index contributed by atoms with van der Waals surface area (Å²) in [6.07, 6.45) is 0. The number of rotatable bonds is 2. The zero-order chi connectivity index (χ0) is 18.8. The first kappa shape index (κ1) is 18.4. The number of piperazine rings is 1. The minimum atomic E-state index is -1.49. The molecule has 2 amide bonds. The van der Waals surface area contributed by atoms with E-state index in [9.17, 15) is 18.0 Å². The molecule has 0 aliphatic carbocycles. The first-order chi connectivity index (χ1) is 12.4. The molecule has 0 spiro atoms. The summed E-state index contributed by atoms with van der Waals surface area (Å²) in [5, 5.41) is 3.36. The highest BCUT2D eigenvalue weighted by molar-refractivity contribution is 6.31. The fraction of sp³-hybridized carbons (Fsp3) is 0.278. The Labute approximate surface area is 154 Å². The minimum absolute atomic E-state index is 0.00496. The summed E-state index contributed by atoms with van der Waals surface area (Å²) >= 11 is 6.04. The Balaban J connectivity index is 1.64. The Kier molecular flexibility index (Phi) is 5.27. The summed E-state index contributed by atoms with van der Waals surface area (Å²) in [5.74, 6) is -3.92. The molecular formula is C18H17ClF3N3O. The number of hydrogen-bond acceptors (Lipinski definition) is 2. The molecular weight excluding hydrogens is 367 g/mol. The molecule has 0 atom stereocenters. The summed E-state index contributed by atoms with van der Waals surface area (Å²) in [7, 11) is 0. The molecule has 138 valence electrons. The second kappa shape index (κ2) is 7.45. The smallest absolute Gasteiger partial charge is 0.321 e. The molecule has 1 aliphatic heterocycles. The van der Waals surface area contributed by atoms with Crippen LogP contribution in [0, 0.1) is 24.4 Å². The SMILES string of the molecule is Cc1c(Cl)cccc1NC(=O)N1CCN(c2ccc(F)c(F)c2F)CC1. The molecule has 2 aromatic carbocycles. The normalized spacial score (nSPS) is 14.5. The molecule has 1 aliphatic rings. The van der Waals surface area contributed by atoms with Crippen molar-refractivity contribution in [3.8, 4) is 0 Å². The van der Waals surface area contributed by atoms with Crippen molar-refractivity contribution in [3.05, 3.63) is 58.4 Å². The number of nitrogens with zero attached hydrogens (tertiary/aromatic N) is 2. The number of carbonyl (C=O) groups is 1. The summed E-state index contributed by atoms with van der Waals surface area (Å²) < 4.78 is 40.4. The molecule has 0 unspecified atom stereocenters. The number of nitrogens with one attached hydrogen (secondary N) is 1. The van der Waals surface area contributed by atoms with Crippen molar-refractivity contribution in [2.75, 3.05) is 36.4 Å². The molecule has 1 N–H and O–H groups in total. The Hall–Kier alpha value is -2.41. The molecule has 3 rings (SSSR count). The van der Waals surface area contributed by atoms with Gasteiger partial charge in [0.05, 0.1) is 5.69 Å². The van der Waals surface area contributed by atoms with E-state index >= 15 is 0 Å². The van der Waals surface area contributed by atoms with Crippen molar-refractivity contribution in [3.63, 3.8) is 0 Å². The zero-order valence-electron chi connectivity index (χ0n) is 14.0. The average Bonchev–Trinajstić information content (AvgIpc) is 2.64. The average molecular weight is 384 g/mol. The van der Waals surface area contributed by atoms with Crippen molar-refractivity contribution in [2.24, 2.45) is 0 Å². The lowest BCUT2D eigenvalue weighted by molar-refractivity contribution is 0.208. The van der Waals surface area contributed by atoms with Gasteiger partial charge in [-0.25, -0.2) is 18.0 Å². The van der Waals surface area contributed by atoms with Gasteiger partial charge < -0.3 is 15.1 Å². The Bertz CT molecular complexity index is 839. The second-order valence-corrected chi connectivity index (χ2v) is 6.42. The second-order valence-electron chi connectivity index (χ2n) is 6.01. The van der Waals surface area contributed by atoms with Crippen molar-refractivity contribution >= 4 is 29.0 Å². The lowest BCUT2D eigenvalue weighted by Crippen LogP contribution is -2.50. The van der Waals surface area contributed by atoms with E-state index < -0.39 is 17.5 Å². The van der Waals surface area contributed by atoms with E-state index in [-0.39, 0.29) is 11.7 Å². The van der Waals surface area contributed by atoms with Crippen LogP contribution in [-0.2, 0) is 0 Å². The van der Waals surface area contributed by atoms with E-state index in [1.54, 1.807) is 28.0 Å². The van der Waals surface area contributed by atoms with Crippen molar-refractivity contribution in [2.45, 2.75) is 6.92 Å². The van der Waals surface area contributed by atoms with Crippen LogP contribution < -0.4 is 10.2 Å². The highest BCUT2D eigenvalue weighted by atomic mass is 35.5. The molecule has 0 aromatic heterocycles. The largest absolute Gasteiger partial charge is 0.366 e. The summed E-state index contributed by atoms with van der Waals surface area (Å²) in [5.41, 5.74) is 1.39. The van der Waals surface area contributed by atoms with Gasteiger partial charge in [0.1, 0.15) is 0 Å². The van der Waals surface area contributed by atoms with Crippen LogP contribution in [0.3, 0.4) is 0 Å². The molecule has 8 heteroatoms. The molecule has 4 nitrogen and oxygen atoms in total. The van der Waals surface area contributed by atoms with Crippen LogP contribution in [-0.4, -0.2) is 37.1 Å².